The minimum Gasteiger partial charge on any atom is -0.338 e. The van der Waals surface area contributed by atoms with E-state index in [9.17, 15) is 13.2 Å². The highest BCUT2D eigenvalue weighted by atomic mass is 35.5. The summed E-state index contributed by atoms with van der Waals surface area (Å²) in [5, 5.41) is -0.0231. The Bertz CT molecular complexity index is 1050. The number of piperidine rings is 1. The Hall–Kier alpha value is -2.22. The molecule has 158 valence electrons. The third-order valence-corrected chi connectivity index (χ3v) is 8.15. The molecule has 0 aliphatic carbocycles. The number of nitrogens with zero attached hydrogens (tertiary/aromatic N) is 3. The lowest BCUT2D eigenvalue weighted by molar-refractivity contribution is -0.136. The van der Waals surface area contributed by atoms with Crippen LogP contribution in [0.4, 0.5) is 0 Å². The zero-order valence-electron chi connectivity index (χ0n) is 16.6. The van der Waals surface area contributed by atoms with Crippen molar-refractivity contribution in [3.8, 4) is 0 Å². The molecule has 3 heterocycles. The quantitative estimate of drug-likeness (QED) is 0.676. The van der Waals surface area contributed by atoms with Crippen LogP contribution < -0.4 is 0 Å². The molecule has 30 heavy (non-hydrogen) atoms. The van der Waals surface area contributed by atoms with Gasteiger partial charge in [-0.25, -0.2) is 13.4 Å². The number of benzene rings is 1. The maximum Gasteiger partial charge on any atom is 0.246 e. The van der Waals surface area contributed by atoms with Gasteiger partial charge >= 0.3 is 0 Å². The first-order valence-corrected chi connectivity index (χ1v) is 11.9. The van der Waals surface area contributed by atoms with Crippen molar-refractivity contribution in [2.75, 3.05) is 26.2 Å². The molecule has 0 bridgehead atoms. The molecule has 4 rings (SSSR count). The molecule has 0 atom stereocenters. The van der Waals surface area contributed by atoms with Crippen LogP contribution in [0.15, 0.2) is 59.6 Å². The number of carbonyl (C=O) groups excluding carboxylic acids is 1. The number of carbonyl (C=O) groups is 1. The van der Waals surface area contributed by atoms with Crippen molar-refractivity contribution in [1.29, 1.82) is 0 Å². The highest BCUT2D eigenvalue weighted by molar-refractivity contribution is 7.89. The van der Waals surface area contributed by atoms with Gasteiger partial charge in [-0.15, -0.1) is 0 Å². The Morgan fingerprint density at radius 3 is 2.40 bits per heavy atom. The second-order valence-corrected chi connectivity index (χ2v) is 9.86. The highest BCUT2D eigenvalue weighted by Gasteiger charge is 2.35. The number of amides is 1. The van der Waals surface area contributed by atoms with Crippen LogP contribution in [0.25, 0.3) is 5.57 Å². The van der Waals surface area contributed by atoms with Crippen molar-refractivity contribution in [2.45, 2.75) is 24.2 Å². The average Bonchev–Trinajstić information content (AvgIpc) is 2.79. The first-order valence-electron chi connectivity index (χ1n) is 10.1. The third kappa shape index (κ3) is 4.29. The normalized spacial score (nSPS) is 18.8. The Morgan fingerprint density at radius 1 is 1.03 bits per heavy atom. The van der Waals surface area contributed by atoms with Crippen LogP contribution in [-0.4, -0.2) is 54.7 Å². The van der Waals surface area contributed by atoms with E-state index in [-0.39, 0.29) is 21.9 Å². The van der Waals surface area contributed by atoms with E-state index in [0.29, 0.717) is 39.0 Å². The van der Waals surface area contributed by atoms with Gasteiger partial charge in [-0.1, -0.05) is 48.0 Å². The maximum absolute atomic E-state index is 13.0. The van der Waals surface area contributed by atoms with Crippen molar-refractivity contribution in [3.05, 3.63) is 65.5 Å². The van der Waals surface area contributed by atoms with Crippen molar-refractivity contribution >= 4 is 33.1 Å². The second-order valence-electron chi connectivity index (χ2n) is 7.60. The lowest BCUT2D eigenvalue weighted by Gasteiger charge is -2.34. The molecule has 1 aromatic heterocycles. The molecular formula is C22H24ClN3O3S. The SMILES string of the molecule is O=C(C1CCN(S(=O)(=O)c2cccnc2Cl)CC1)N1CC=C(c2ccccc2)CC1. The van der Waals surface area contributed by atoms with E-state index in [1.54, 1.807) is 6.07 Å². The van der Waals surface area contributed by atoms with Gasteiger partial charge in [0.25, 0.3) is 0 Å². The van der Waals surface area contributed by atoms with Crippen molar-refractivity contribution in [1.82, 2.24) is 14.2 Å². The van der Waals surface area contributed by atoms with Gasteiger partial charge in [0.05, 0.1) is 0 Å². The maximum atomic E-state index is 13.0. The van der Waals surface area contributed by atoms with Crippen molar-refractivity contribution < 1.29 is 13.2 Å². The van der Waals surface area contributed by atoms with Gasteiger partial charge in [0.1, 0.15) is 10.0 Å². The lowest BCUT2D eigenvalue weighted by Crippen LogP contribution is -2.45. The number of halogens is 1. The summed E-state index contributed by atoms with van der Waals surface area (Å²) in [6, 6.07) is 13.2. The monoisotopic (exact) mass is 445 g/mol. The minimum atomic E-state index is -3.70. The van der Waals surface area contributed by atoms with E-state index in [4.69, 9.17) is 11.6 Å². The Morgan fingerprint density at radius 2 is 1.77 bits per heavy atom. The van der Waals surface area contributed by atoms with Gasteiger partial charge in [0, 0.05) is 38.3 Å². The van der Waals surface area contributed by atoms with E-state index in [2.05, 4.69) is 23.2 Å². The first-order chi connectivity index (χ1) is 14.5. The van der Waals surface area contributed by atoms with E-state index in [1.807, 2.05) is 23.1 Å². The van der Waals surface area contributed by atoms with E-state index < -0.39 is 10.0 Å². The summed E-state index contributed by atoms with van der Waals surface area (Å²) in [5.41, 5.74) is 2.48. The van der Waals surface area contributed by atoms with Crippen molar-refractivity contribution in [3.63, 3.8) is 0 Å². The van der Waals surface area contributed by atoms with Gasteiger partial charge in [0.2, 0.25) is 15.9 Å². The molecule has 0 radical (unpaired) electrons. The molecule has 2 aliphatic rings. The van der Waals surface area contributed by atoms with Crippen LogP contribution in [0.1, 0.15) is 24.8 Å². The lowest BCUT2D eigenvalue weighted by atomic mass is 9.94. The van der Waals surface area contributed by atoms with Crippen molar-refractivity contribution in [2.24, 2.45) is 5.92 Å². The molecular weight excluding hydrogens is 422 g/mol. The summed E-state index contributed by atoms with van der Waals surface area (Å²) in [4.78, 5) is 18.7. The predicted molar refractivity (Wildman–Crippen MR) is 116 cm³/mol. The van der Waals surface area contributed by atoms with Crippen LogP contribution in [0.3, 0.4) is 0 Å². The molecule has 0 spiro atoms. The molecule has 1 amide bonds. The van der Waals surface area contributed by atoms with Crippen LogP contribution in [-0.2, 0) is 14.8 Å². The topological polar surface area (TPSA) is 70.6 Å². The fraction of sp³-hybridized carbons (Fsp3) is 0.364. The fourth-order valence-corrected chi connectivity index (χ4v) is 5.99. The van der Waals surface area contributed by atoms with E-state index >= 15 is 0 Å². The van der Waals surface area contributed by atoms with E-state index in [0.717, 1.165) is 6.42 Å². The molecule has 8 heteroatoms. The molecule has 0 N–H and O–H groups in total. The van der Waals surface area contributed by atoms with Crippen LogP contribution in [0.5, 0.6) is 0 Å². The Labute approximate surface area is 182 Å². The predicted octanol–water partition coefficient (Wildman–Crippen LogP) is 3.45. The number of sulfonamides is 1. The zero-order valence-corrected chi connectivity index (χ0v) is 18.1. The number of hydrogen-bond acceptors (Lipinski definition) is 4. The third-order valence-electron chi connectivity index (χ3n) is 5.81. The highest BCUT2D eigenvalue weighted by Crippen LogP contribution is 2.29. The smallest absolute Gasteiger partial charge is 0.246 e. The van der Waals surface area contributed by atoms with Gasteiger partial charge in [0.15, 0.2) is 0 Å². The summed E-state index contributed by atoms with van der Waals surface area (Å²) in [6.45, 7) is 1.92. The summed E-state index contributed by atoms with van der Waals surface area (Å²) in [6.07, 6.45) is 5.45. The summed E-state index contributed by atoms with van der Waals surface area (Å²) in [7, 11) is -3.70. The van der Waals surface area contributed by atoms with Gasteiger partial charge in [-0.05, 0) is 42.5 Å². The average molecular weight is 446 g/mol. The summed E-state index contributed by atoms with van der Waals surface area (Å²) >= 11 is 5.98. The van der Waals surface area contributed by atoms with Crippen LogP contribution in [0, 0.1) is 5.92 Å². The fourth-order valence-electron chi connectivity index (χ4n) is 4.09. The van der Waals surface area contributed by atoms with Gasteiger partial charge in [-0.2, -0.15) is 4.31 Å². The Kier molecular flexibility index (Phi) is 6.22. The van der Waals surface area contributed by atoms with Crippen LogP contribution in [0.2, 0.25) is 5.15 Å². The Balaban J connectivity index is 1.36. The molecule has 2 aromatic rings. The zero-order chi connectivity index (χ0) is 21.1. The van der Waals surface area contributed by atoms with Gasteiger partial charge < -0.3 is 4.90 Å². The number of rotatable bonds is 4. The number of aromatic nitrogens is 1. The first kappa shape index (κ1) is 21.0. The molecule has 1 saturated heterocycles. The summed E-state index contributed by atoms with van der Waals surface area (Å²) in [5.74, 6) is -0.0256. The minimum absolute atomic E-state index is 0.0195. The second kappa shape index (κ2) is 8.88. The number of pyridine rings is 1. The standard InChI is InChI=1S/C22H24ClN3O3S/c23-21-20(7-4-12-24-21)30(28,29)26-15-10-19(11-16-26)22(27)25-13-8-18(9-14-25)17-5-2-1-3-6-17/h1-8,12,19H,9-11,13-16H2. The molecule has 6 nitrogen and oxygen atoms in total. The molecule has 0 saturated carbocycles. The molecule has 1 aromatic carbocycles. The van der Waals surface area contributed by atoms with E-state index in [1.165, 1.54) is 27.7 Å². The van der Waals surface area contributed by atoms with Crippen LogP contribution >= 0.6 is 11.6 Å². The molecule has 0 unspecified atom stereocenters. The van der Waals surface area contributed by atoms with Gasteiger partial charge in [-0.3, -0.25) is 4.79 Å². The number of hydrogen-bond donors (Lipinski definition) is 0. The largest absolute Gasteiger partial charge is 0.338 e. The molecule has 2 aliphatic heterocycles. The molecule has 1 fully saturated rings. The summed E-state index contributed by atoms with van der Waals surface area (Å²) < 4.78 is 27.1.